The zero-order valence-electron chi connectivity index (χ0n) is 16.5. The number of thiocarbonyl (C=S) groups is 1. The van der Waals surface area contributed by atoms with Crippen molar-refractivity contribution >= 4 is 46.6 Å². The molecule has 0 fully saturated rings. The maximum atomic E-state index is 12.1. The van der Waals surface area contributed by atoms with Gasteiger partial charge >= 0.3 is 0 Å². The fourth-order valence-corrected chi connectivity index (χ4v) is 3.03. The van der Waals surface area contributed by atoms with E-state index in [2.05, 4.69) is 10.6 Å². The molecule has 1 amide bonds. The lowest BCUT2D eigenvalue weighted by molar-refractivity contribution is -0.115. The average Bonchev–Trinajstić information content (AvgIpc) is 3.17. The zero-order valence-corrected chi connectivity index (χ0v) is 18.1. The summed E-state index contributed by atoms with van der Waals surface area (Å²) in [5.41, 5.74) is 2.37. The fraction of sp³-hybridized carbons (Fsp3) is 0.130. The van der Waals surface area contributed by atoms with Gasteiger partial charge in [-0.1, -0.05) is 31.5 Å². The number of hydrogen-bond acceptors (Lipinski definition) is 4. The molecule has 0 radical (unpaired) electrons. The number of rotatable bonds is 5. The molecule has 0 spiro atoms. The second-order valence-corrected chi connectivity index (χ2v) is 7.76. The lowest BCUT2D eigenvalue weighted by Gasteiger charge is -2.13. The van der Waals surface area contributed by atoms with Crippen molar-refractivity contribution < 1.29 is 14.3 Å². The zero-order chi connectivity index (χ0) is 21.7. The van der Waals surface area contributed by atoms with Gasteiger partial charge in [-0.05, 0) is 78.3 Å². The summed E-state index contributed by atoms with van der Waals surface area (Å²) in [5, 5.41) is 16.1. The summed E-state index contributed by atoms with van der Waals surface area (Å²) >= 11 is 11.1. The SMILES string of the molecule is CC(C)c1ccc(O)c(NC(=S)NC(=O)C=Cc2ccc(-c3ccc(Cl)cc3)o2)c1. The van der Waals surface area contributed by atoms with E-state index < -0.39 is 5.91 Å². The summed E-state index contributed by atoms with van der Waals surface area (Å²) in [6, 6.07) is 16.1. The molecule has 0 unspecified atom stereocenters. The summed E-state index contributed by atoms with van der Waals surface area (Å²) in [5.74, 6) is 1.12. The molecule has 1 heterocycles. The monoisotopic (exact) mass is 440 g/mol. The molecule has 2 aromatic carbocycles. The Labute approximate surface area is 185 Å². The van der Waals surface area contributed by atoms with Crippen molar-refractivity contribution in [3.8, 4) is 17.1 Å². The second kappa shape index (κ2) is 9.61. The van der Waals surface area contributed by atoms with Crippen LogP contribution in [0.1, 0.15) is 31.1 Å². The number of halogens is 1. The molecule has 3 aromatic rings. The molecule has 0 saturated heterocycles. The van der Waals surface area contributed by atoms with Gasteiger partial charge in [0.25, 0.3) is 0 Å². The van der Waals surface area contributed by atoms with Crippen LogP contribution in [0.25, 0.3) is 17.4 Å². The van der Waals surface area contributed by atoms with Crippen molar-refractivity contribution in [2.75, 3.05) is 5.32 Å². The summed E-state index contributed by atoms with van der Waals surface area (Å²) in [6.45, 7) is 4.10. The first-order valence-electron chi connectivity index (χ1n) is 9.30. The van der Waals surface area contributed by atoms with Crippen LogP contribution < -0.4 is 10.6 Å². The molecular formula is C23H21ClN2O3S. The van der Waals surface area contributed by atoms with E-state index in [9.17, 15) is 9.90 Å². The molecule has 1 aromatic heterocycles. The highest BCUT2D eigenvalue weighted by Gasteiger charge is 2.09. The maximum Gasteiger partial charge on any atom is 0.250 e. The van der Waals surface area contributed by atoms with Crippen LogP contribution in [0, 0.1) is 0 Å². The average molecular weight is 441 g/mol. The van der Waals surface area contributed by atoms with Crippen molar-refractivity contribution in [2.24, 2.45) is 0 Å². The van der Waals surface area contributed by atoms with Crippen LogP contribution in [0.5, 0.6) is 5.75 Å². The Morgan fingerprint density at radius 2 is 1.87 bits per heavy atom. The van der Waals surface area contributed by atoms with Gasteiger partial charge in [0, 0.05) is 16.7 Å². The van der Waals surface area contributed by atoms with Gasteiger partial charge in [-0.2, -0.15) is 0 Å². The molecule has 30 heavy (non-hydrogen) atoms. The van der Waals surface area contributed by atoms with Crippen LogP contribution in [0.3, 0.4) is 0 Å². The van der Waals surface area contributed by atoms with Gasteiger partial charge in [0.2, 0.25) is 5.91 Å². The van der Waals surface area contributed by atoms with Gasteiger partial charge in [0.05, 0.1) is 5.69 Å². The lowest BCUT2D eigenvalue weighted by atomic mass is 10.0. The number of furan rings is 1. The molecule has 0 atom stereocenters. The first-order valence-corrected chi connectivity index (χ1v) is 10.1. The van der Waals surface area contributed by atoms with Gasteiger partial charge in [0.1, 0.15) is 17.3 Å². The Morgan fingerprint density at radius 3 is 2.57 bits per heavy atom. The molecule has 5 nitrogen and oxygen atoms in total. The molecule has 0 aliphatic carbocycles. The number of benzene rings is 2. The molecule has 7 heteroatoms. The molecule has 0 aliphatic rings. The van der Waals surface area contributed by atoms with Crippen molar-refractivity contribution in [3.63, 3.8) is 0 Å². The molecule has 3 rings (SSSR count). The Hall–Kier alpha value is -3.09. The molecular weight excluding hydrogens is 420 g/mol. The number of carbonyl (C=O) groups is 1. The maximum absolute atomic E-state index is 12.1. The lowest BCUT2D eigenvalue weighted by Crippen LogP contribution is -2.32. The van der Waals surface area contributed by atoms with E-state index in [4.69, 9.17) is 28.2 Å². The summed E-state index contributed by atoms with van der Waals surface area (Å²) in [7, 11) is 0. The molecule has 0 aliphatic heterocycles. The van der Waals surface area contributed by atoms with Crippen LogP contribution >= 0.6 is 23.8 Å². The van der Waals surface area contributed by atoms with Gasteiger partial charge in [0.15, 0.2) is 5.11 Å². The normalized spacial score (nSPS) is 11.1. The fourth-order valence-electron chi connectivity index (χ4n) is 2.69. The third-order valence-corrected chi connectivity index (χ3v) is 4.78. The quantitative estimate of drug-likeness (QED) is 0.259. The van der Waals surface area contributed by atoms with E-state index in [1.165, 1.54) is 6.08 Å². The predicted octanol–water partition coefficient (Wildman–Crippen LogP) is 5.96. The second-order valence-electron chi connectivity index (χ2n) is 6.92. The molecule has 0 saturated carbocycles. The van der Waals surface area contributed by atoms with Crippen molar-refractivity contribution in [1.82, 2.24) is 5.32 Å². The van der Waals surface area contributed by atoms with Crippen LogP contribution in [0.15, 0.2) is 65.1 Å². The van der Waals surface area contributed by atoms with E-state index in [1.807, 2.05) is 38.1 Å². The molecule has 154 valence electrons. The highest BCUT2D eigenvalue weighted by molar-refractivity contribution is 7.80. The predicted molar refractivity (Wildman–Crippen MR) is 125 cm³/mol. The van der Waals surface area contributed by atoms with Gasteiger partial charge in [-0.3, -0.25) is 10.1 Å². The first-order chi connectivity index (χ1) is 14.3. The minimum atomic E-state index is -0.420. The Morgan fingerprint density at radius 1 is 1.13 bits per heavy atom. The van der Waals surface area contributed by atoms with Gasteiger partial charge < -0.3 is 14.8 Å². The first kappa shape index (κ1) is 21.6. The van der Waals surface area contributed by atoms with Crippen LogP contribution in [0.2, 0.25) is 5.02 Å². The Bertz CT molecular complexity index is 1090. The summed E-state index contributed by atoms with van der Waals surface area (Å²) < 4.78 is 5.72. The van der Waals surface area contributed by atoms with E-state index in [0.29, 0.717) is 28.1 Å². The third kappa shape index (κ3) is 5.72. The number of phenolic OH excluding ortho intramolecular Hbond substituents is 1. The van der Waals surface area contributed by atoms with Crippen molar-refractivity contribution in [1.29, 1.82) is 0 Å². The summed E-state index contributed by atoms with van der Waals surface area (Å²) in [6.07, 6.45) is 2.87. The molecule has 3 N–H and O–H groups in total. The highest BCUT2D eigenvalue weighted by Crippen LogP contribution is 2.27. The highest BCUT2D eigenvalue weighted by atomic mass is 35.5. The number of nitrogens with one attached hydrogen (secondary N) is 2. The number of aromatic hydroxyl groups is 1. The van der Waals surface area contributed by atoms with E-state index in [0.717, 1.165) is 11.1 Å². The van der Waals surface area contributed by atoms with E-state index in [-0.39, 0.29) is 10.9 Å². The number of hydrogen-bond donors (Lipinski definition) is 3. The number of amides is 1. The van der Waals surface area contributed by atoms with Crippen LogP contribution in [-0.2, 0) is 4.79 Å². The van der Waals surface area contributed by atoms with Crippen molar-refractivity contribution in [2.45, 2.75) is 19.8 Å². The van der Waals surface area contributed by atoms with Gasteiger partial charge in [-0.15, -0.1) is 0 Å². The van der Waals surface area contributed by atoms with Gasteiger partial charge in [-0.25, -0.2) is 0 Å². The third-order valence-electron chi connectivity index (χ3n) is 4.33. The van der Waals surface area contributed by atoms with E-state index >= 15 is 0 Å². The van der Waals surface area contributed by atoms with Crippen LogP contribution in [-0.4, -0.2) is 16.1 Å². The Balaban J connectivity index is 1.59. The topological polar surface area (TPSA) is 74.5 Å². The smallest absolute Gasteiger partial charge is 0.250 e. The largest absolute Gasteiger partial charge is 0.506 e. The number of phenols is 1. The number of anilines is 1. The number of carbonyl (C=O) groups excluding carboxylic acids is 1. The molecule has 0 bridgehead atoms. The van der Waals surface area contributed by atoms with Crippen molar-refractivity contribution in [3.05, 3.63) is 77.0 Å². The minimum Gasteiger partial charge on any atom is -0.506 e. The standard InChI is InChI=1S/C23H21ClN2O3S/c1-14(2)16-5-10-20(27)19(13-16)25-23(30)26-22(28)12-9-18-8-11-21(29-18)15-3-6-17(24)7-4-15/h3-14,27H,1-2H3,(H2,25,26,28,30). The Kier molecular flexibility index (Phi) is 6.92. The summed E-state index contributed by atoms with van der Waals surface area (Å²) in [4.78, 5) is 12.1. The van der Waals surface area contributed by atoms with Crippen LogP contribution in [0.4, 0.5) is 5.69 Å². The van der Waals surface area contributed by atoms with E-state index in [1.54, 1.807) is 36.4 Å². The minimum absolute atomic E-state index is 0.0526.